The van der Waals surface area contributed by atoms with Crippen LogP contribution in [0.2, 0.25) is 0 Å². The van der Waals surface area contributed by atoms with Crippen molar-refractivity contribution in [3.8, 4) is 0 Å². The molecule has 1 saturated heterocycles. The molecule has 0 aliphatic carbocycles. The molecule has 0 aromatic carbocycles. The first-order chi connectivity index (χ1) is 11.2. The number of pyridine rings is 1. The van der Waals surface area contributed by atoms with E-state index in [9.17, 15) is 4.79 Å². The highest BCUT2D eigenvalue weighted by Gasteiger charge is 2.28. The number of carbonyl (C=O) groups excluding carboxylic acids is 1. The summed E-state index contributed by atoms with van der Waals surface area (Å²) < 4.78 is 7.68. The Morgan fingerprint density at radius 1 is 1.48 bits per heavy atom. The standard InChI is InChI=1S/C15H20N6O2/c1-3-20-10-17-19-14(20)13-9-21(4-5-23-13)15(22)18-12-6-11(2)7-16-8-12/h6-8,10,13H,3-5,9H2,1-2H3,(H,18,22)/t13-/m1/s1. The maximum absolute atomic E-state index is 12.4. The first kappa shape index (κ1) is 15.4. The fraction of sp³-hybridized carbons (Fsp3) is 0.467. The number of ether oxygens (including phenoxy) is 1. The van der Waals surface area contributed by atoms with Gasteiger partial charge in [0.05, 0.1) is 25.0 Å². The Hall–Kier alpha value is -2.48. The Morgan fingerprint density at radius 3 is 3.13 bits per heavy atom. The summed E-state index contributed by atoms with van der Waals surface area (Å²) in [5.74, 6) is 0.752. The van der Waals surface area contributed by atoms with E-state index in [2.05, 4.69) is 20.5 Å². The molecule has 1 N–H and O–H groups in total. The maximum atomic E-state index is 12.4. The number of hydrogen-bond acceptors (Lipinski definition) is 5. The average molecular weight is 316 g/mol. The molecule has 1 fully saturated rings. The molecule has 2 aromatic heterocycles. The van der Waals surface area contributed by atoms with Crippen LogP contribution in [0.15, 0.2) is 24.8 Å². The van der Waals surface area contributed by atoms with Gasteiger partial charge in [0.25, 0.3) is 0 Å². The van der Waals surface area contributed by atoms with Crippen molar-refractivity contribution in [3.05, 3.63) is 36.2 Å². The SMILES string of the molecule is CCn1cnnc1[C@H]1CN(C(=O)Nc2cncc(C)c2)CCO1. The number of nitrogens with zero attached hydrogens (tertiary/aromatic N) is 5. The number of anilines is 1. The molecule has 0 saturated carbocycles. The summed E-state index contributed by atoms with van der Waals surface area (Å²) in [7, 11) is 0. The van der Waals surface area contributed by atoms with Crippen LogP contribution in [0.25, 0.3) is 0 Å². The second-order valence-electron chi connectivity index (χ2n) is 5.46. The molecule has 0 spiro atoms. The van der Waals surface area contributed by atoms with E-state index >= 15 is 0 Å². The largest absolute Gasteiger partial charge is 0.366 e. The topological polar surface area (TPSA) is 85.2 Å². The highest BCUT2D eigenvalue weighted by atomic mass is 16.5. The van der Waals surface area contributed by atoms with Crippen LogP contribution in [0, 0.1) is 6.92 Å². The third-order valence-electron chi connectivity index (χ3n) is 3.75. The molecule has 8 heteroatoms. The zero-order chi connectivity index (χ0) is 16.2. The smallest absolute Gasteiger partial charge is 0.322 e. The van der Waals surface area contributed by atoms with Gasteiger partial charge in [-0.2, -0.15) is 0 Å². The Morgan fingerprint density at radius 2 is 2.35 bits per heavy atom. The van der Waals surface area contributed by atoms with Crippen molar-refractivity contribution in [2.24, 2.45) is 0 Å². The monoisotopic (exact) mass is 316 g/mol. The van der Waals surface area contributed by atoms with Crippen LogP contribution < -0.4 is 5.32 Å². The molecule has 23 heavy (non-hydrogen) atoms. The predicted octanol–water partition coefficient (Wildman–Crippen LogP) is 1.61. The van der Waals surface area contributed by atoms with Crippen molar-refractivity contribution < 1.29 is 9.53 Å². The minimum absolute atomic E-state index is 0.159. The lowest BCUT2D eigenvalue weighted by Crippen LogP contribution is -2.44. The summed E-state index contributed by atoms with van der Waals surface area (Å²) in [4.78, 5) is 18.2. The summed E-state index contributed by atoms with van der Waals surface area (Å²) in [5, 5.41) is 10.9. The van der Waals surface area contributed by atoms with Crippen LogP contribution >= 0.6 is 0 Å². The number of aryl methyl sites for hydroxylation is 2. The van der Waals surface area contributed by atoms with Gasteiger partial charge in [-0.05, 0) is 25.5 Å². The van der Waals surface area contributed by atoms with Crippen LogP contribution in [0.5, 0.6) is 0 Å². The van der Waals surface area contributed by atoms with Crippen molar-refractivity contribution in [3.63, 3.8) is 0 Å². The first-order valence-electron chi connectivity index (χ1n) is 7.64. The quantitative estimate of drug-likeness (QED) is 0.930. The Balaban J connectivity index is 1.67. The Bertz CT molecular complexity index is 686. The molecule has 1 atom stereocenters. The van der Waals surface area contributed by atoms with Gasteiger partial charge in [0, 0.05) is 19.3 Å². The van der Waals surface area contributed by atoms with Gasteiger partial charge in [0.15, 0.2) is 5.82 Å². The van der Waals surface area contributed by atoms with E-state index < -0.39 is 0 Å². The van der Waals surface area contributed by atoms with Gasteiger partial charge in [0.2, 0.25) is 0 Å². The van der Waals surface area contributed by atoms with Gasteiger partial charge >= 0.3 is 6.03 Å². The molecule has 3 rings (SSSR count). The zero-order valence-corrected chi connectivity index (χ0v) is 13.3. The lowest BCUT2D eigenvalue weighted by Gasteiger charge is -2.32. The van der Waals surface area contributed by atoms with Crippen molar-refractivity contribution in [1.29, 1.82) is 0 Å². The molecule has 2 amide bonds. The number of amides is 2. The van der Waals surface area contributed by atoms with Gasteiger partial charge in [-0.1, -0.05) is 0 Å². The zero-order valence-electron chi connectivity index (χ0n) is 13.3. The number of morpholine rings is 1. The predicted molar refractivity (Wildman–Crippen MR) is 84.0 cm³/mol. The highest BCUT2D eigenvalue weighted by Crippen LogP contribution is 2.21. The van der Waals surface area contributed by atoms with Crippen LogP contribution in [-0.2, 0) is 11.3 Å². The van der Waals surface area contributed by atoms with Crippen molar-refractivity contribution in [1.82, 2.24) is 24.6 Å². The first-order valence-corrected chi connectivity index (χ1v) is 7.64. The number of hydrogen-bond donors (Lipinski definition) is 1. The Kier molecular flexibility index (Phi) is 4.52. The van der Waals surface area contributed by atoms with Gasteiger partial charge in [-0.3, -0.25) is 4.98 Å². The number of nitrogens with one attached hydrogen (secondary N) is 1. The second-order valence-corrected chi connectivity index (χ2v) is 5.46. The van der Waals surface area contributed by atoms with Crippen molar-refractivity contribution in [2.75, 3.05) is 25.0 Å². The Labute approximate surface area is 134 Å². The molecular formula is C15H20N6O2. The van der Waals surface area contributed by atoms with Gasteiger partial charge in [0.1, 0.15) is 12.4 Å². The number of urea groups is 1. The molecule has 2 aromatic rings. The molecule has 122 valence electrons. The second kappa shape index (κ2) is 6.74. The number of rotatable bonds is 3. The van der Waals surface area contributed by atoms with E-state index in [0.29, 0.717) is 25.4 Å². The lowest BCUT2D eigenvalue weighted by molar-refractivity contribution is -0.0199. The van der Waals surface area contributed by atoms with Crippen LogP contribution in [-0.4, -0.2) is 50.4 Å². The summed E-state index contributed by atoms with van der Waals surface area (Å²) in [6, 6.07) is 1.73. The van der Waals surface area contributed by atoms with E-state index in [1.807, 2.05) is 24.5 Å². The number of aromatic nitrogens is 4. The lowest BCUT2D eigenvalue weighted by atomic mass is 10.2. The van der Waals surface area contributed by atoms with E-state index in [0.717, 1.165) is 17.9 Å². The molecule has 8 nitrogen and oxygen atoms in total. The fourth-order valence-corrected chi connectivity index (χ4v) is 2.57. The van der Waals surface area contributed by atoms with E-state index in [1.54, 1.807) is 23.6 Å². The van der Waals surface area contributed by atoms with Gasteiger partial charge in [-0.25, -0.2) is 4.79 Å². The molecular weight excluding hydrogens is 296 g/mol. The summed E-state index contributed by atoms with van der Waals surface area (Å²) >= 11 is 0. The number of carbonyl (C=O) groups is 1. The third-order valence-corrected chi connectivity index (χ3v) is 3.75. The molecule has 1 aliphatic rings. The van der Waals surface area contributed by atoms with Crippen LogP contribution in [0.4, 0.5) is 10.5 Å². The van der Waals surface area contributed by atoms with Crippen LogP contribution in [0.1, 0.15) is 24.4 Å². The minimum Gasteiger partial charge on any atom is -0.366 e. The minimum atomic E-state index is -0.257. The van der Waals surface area contributed by atoms with Gasteiger partial charge < -0.3 is 19.5 Å². The van der Waals surface area contributed by atoms with Crippen molar-refractivity contribution >= 4 is 11.7 Å². The summed E-state index contributed by atoms with van der Waals surface area (Å²) in [6.07, 6.45) is 4.80. The van der Waals surface area contributed by atoms with Crippen molar-refractivity contribution in [2.45, 2.75) is 26.5 Å². The molecule has 1 aliphatic heterocycles. The molecule has 3 heterocycles. The molecule has 0 radical (unpaired) electrons. The van der Waals surface area contributed by atoms with Crippen LogP contribution in [0.3, 0.4) is 0 Å². The van der Waals surface area contributed by atoms with E-state index in [4.69, 9.17) is 4.74 Å². The summed E-state index contributed by atoms with van der Waals surface area (Å²) in [6.45, 7) is 6.19. The van der Waals surface area contributed by atoms with E-state index in [-0.39, 0.29) is 12.1 Å². The fourth-order valence-electron chi connectivity index (χ4n) is 2.57. The maximum Gasteiger partial charge on any atom is 0.322 e. The third kappa shape index (κ3) is 3.48. The molecule has 0 unspecified atom stereocenters. The molecule has 0 bridgehead atoms. The summed E-state index contributed by atoms with van der Waals surface area (Å²) in [5.41, 5.74) is 1.69. The normalized spacial score (nSPS) is 18.0. The highest BCUT2D eigenvalue weighted by molar-refractivity contribution is 5.89. The average Bonchev–Trinajstić information content (AvgIpc) is 3.03. The van der Waals surface area contributed by atoms with Gasteiger partial charge in [-0.15, -0.1) is 10.2 Å². The van der Waals surface area contributed by atoms with E-state index in [1.165, 1.54) is 0 Å².